The third-order valence-electron chi connectivity index (χ3n) is 2.15. The number of fused-ring (bicyclic) bond motifs is 1. The second kappa shape index (κ2) is 4.64. The Morgan fingerprint density at radius 2 is 2.47 bits per heavy atom. The highest BCUT2D eigenvalue weighted by molar-refractivity contribution is 7.15. The molecule has 0 radical (unpaired) electrons. The highest BCUT2D eigenvalue weighted by atomic mass is 32.1. The molecule has 0 bridgehead atoms. The average Bonchev–Trinajstić information content (AvgIpc) is 2.75. The Kier molecular flexibility index (Phi) is 3.21. The smallest absolute Gasteiger partial charge is 0.271 e. The van der Waals surface area contributed by atoms with Crippen molar-refractivity contribution < 1.29 is 9.90 Å². The van der Waals surface area contributed by atoms with Crippen LogP contribution >= 0.6 is 11.3 Å². The Morgan fingerprint density at radius 3 is 3.18 bits per heavy atom. The minimum Gasteiger partial charge on any atom is -0.392 e. The number of carbonyl (C=O) groups excluding carboxylic acids is 1. The summed E-state index contributed by atoms with van der Waals surface area (Å²) in [4.78, 5) is 28.1. The average molecular weight is 253 g/mol. The van der Waals surface area contributed by atoms with E-state index >= 15 is 0 Å². The van der Waals surface area contributed by atoms with Crippen LogP contribution in [-0.2, 0) is 0 Å². The van der Waals surface area contributed by atoms with Gasteiger partial charge in [-0.1, -0.05) is 0 Å². The van der Waals surface area contributed by atoms with Crippen LogP contribution in [0.15, 0.2) is 22.6 Å². The fourth-order valence-corrected chi connectivity index (χ4v) is 1.99. The van der Waals surface area contributed by atoms with E-state index < -0.39 is 17.6 Å². The molecule has 0 aromatic carbocycles. The maximum atomic E-state index is 11.9. The zero-order valence-electron chi connectivity index (χ0n) is 9.08. The Hall–Kier alpha value is -1.73. The molecule has 0 fully saturated rings. The largest absolute Gasteiger partial charge is 0.392 e. The number of rotatable bonds is 3. The van der Waals surface area contributed by atoms with E-state index in [1.54, 1.807) is 18.5 Å². The minimum atomic E-state index is -0.653. The van der Waals surface area contributed by atoms with Crippen molar-refractivity contribution in [3.63, 3.8) is 0 Å². The van der Waals surface area contributed by atoms with E-state index in [0.29, 0.717) is 4.96 Å². The van der Waals surface area contributed by atoms with Crippen molar-refractivity contribution in [2.24, 2.45) is 0 Å². The Morgan fingerprint density at radius 1 is 1.71 bits per heavy atom. The van der Waals surface area contributed by atoms with Crippen LogP contribution in [0.4, 0.5) is 0 Å². The molecular weight excluding hydrogens is 242 g/mol. The summed E-state index contributed by atoms with van der Waals surface area (Å²) in [6.45, 7) is 1.65. The summed E-state index contributed by atoms with van der Waals surface area (Å²) in [5.74, 6) is -0.524. The number of thiazole rings is 1. The molecule has 6 nitrogen and oxygen atoms in total. The first-order valence-electron chi connectivity index (χ1n) is 5.00. The van der Waals surface area contributed by atoms with Gasteiger partial charge in [-0.05, 0) is 6.92 Å². The highest BCUT2D eigenvalue weighted by Crippen LogP contribution is 2.05. The first-order chi connectivity index (χ1) is 8.09. The number of aliphatic hydroxyl groups excluding tert-OH is 1. The molecule has 2 heterocycles. The molecule has 2 N–H and O–H groups in total. The fraction of sp³-hybridized carbons (Fsp3) is 0.300. The van der Waals surface area contributed by atoms with Gasteiger partial charge in [0.05, 0.1) is 6.10 Å². The molecule has 1 atom stereocenters. The van der Waals surface area contributed by atoms with E-state index in [9.17, 15) is 9.59 Å². The lowest BCUT2D eigenvalue weighted by Crippen LogP contribution is -2.35. The van der Waals surface area contributed by atoms with Gasteiger partial charge in [-0.25, -0.2) is 4.98 Å². The van der Waals surface area contributed by atoms with Crippen LogP contribution < -0.4 is 10.9 Å². The molecule has 2 aromatic rings. The van der Waals surface area contributed by atoms with Crippen LogP contribution in [0, 0.1) is 0 Å². The van der Waals surface area contributed by atoms with Gasteiger partial charge >= 0.3 is 0 Å². The van der Waals surface area contributed by atoms with Gasteiger partial charge in [-0.2, -0.15) is 0 Å². The number of nitrogens with zero attached hydrogens (tertiary/aromatic N) is 2. The normalized spacial score (nSPS) is 12.6. The molecular formula is C10H11N3O3S. The molecule has 0 saturated heterocycles. The molecule has 2 aromatic heterocycles. The molecule has 90 valence electrons. The Balaban J connectivity index is 2.32. The van der Waals surface area contributed by atoms with E-state index in [2.05, 4.69) is 10.3 Å². The van der Waals surface area contributed by atoms with E-state index in [1.807, 2.05) is 0 Å². The van der Waals surface area contributed by atoms with Crippen molar-refractivity contribution in [2.75, 3.05) is 6.54 Å². The maximum absolute atomic E-state index is 11.9. The van der Waals surface area contributed by atoms with Crippen molar-refractivity contribution in [3.05, 3.63) is 33.7 Å². The SMILES string of the molecule is CC(O)CNC(=O)c1cnc2sccn2c1=O. The van der Waals surface area contributed by atoms with Crippen LogP contribution in [0.3, 0.4) is 0 Å². The van der Waals surface area contributed by atoms with Crippen LogP contribution in [0.5, 0.6) is 0 Å². The second-order valence-electron chi connectivity index (χ2n) is 3.59. The number of aromatic nitrogens is 2. The summed E-state index contributed by atoms with van der Waals surface area (Å²) >= 11 is 1.32. The van der Waals surface area contributed by atoms with E-state index in [-0.39, 0.29) is 12.1 Å². The van der Waals surface area contributed by atoms with Gasteiger partial charge < -0.3 is 10.4 Å². The molecule has 0 saturated carbocycles. The molecule has 0 aliphatic heterocycles. The van der Waals surface area contributed by atoms with Gasteiger partial charge in [0.1, 0.15) is 5.56 Å². The summed E-state index contributed by atoms with van der Waals surface area (Å²) in [6.07, 6.45) is 2.17. The van der Waals surface area contributed by atoms with Gasteiger partial charge in [-0.3, -0.25) is 14.0 Å². The third kappa shape index (κ3) is 2.34. The van der Waals surface area contributed by atoms with E-state index in [4.69, 9.17) is 5.11 Å². The number of hydrogen-bond acceptors (Lipinski definition) is 5. The number of hydrogen-bond donors (Lipinski definition) is 2. The quantitative estimate of drug-likeness (QED) is 0.798. The van der Waals surface area contributed by atoms with Crippen molar-refractivity contribution in [2.45, 2.75) is 13.0 Å². The van der Waals surface area contributed by atoms with Crippen molar-refractivity contribution in [1.82, 2.24) is 14.7 Å². The summed E-state index contributed by atoms with van der Waals surface area (Å²) in [7, 11) is 0. The maximum Gasteiger partial charge on any atom is 0.271 e. The van der Waals surface area contributed by atoms with E-state index in [0.717, 1.165) is 0 Å². The molecule has 1 unspecified atom stereocenters. The van der Waals surface area contributed by atoms with Gasteiger partial charge in [0.15, 0.2) is 4.96 Å². The van der Waals surface area contributed by atoms with Gasteiger partial charge in [0, 0.05) is 24.3 Å². The van der Waals surface area contributed by atoms with Crippen molar-refractivity contribution >= 4 is 22.2 Å². The standard InChI is InChI=1S/C10H11N3O3S/c1-6(14)4-11-8(15)7-5-12-10-13(9(7)16)2-3-17-10/h2-3,5-6,14H,4H2,1H3,(H,11,15). The molecule has 7 heteroatoms. The van der Waals surface area contributed by atoms with Crippen LogP contribution in [0.2, 0.25) is 0 Å². The van der Waals surface area contributed by atoms with Crippen LogP contribution in [0.1, 0.15) is 17.3 Å². The lowest BCUT2D eigenvalue weighted by atomic mass is 10.3. The van der Waals surface area contributed by atoms with Crippen LogP contribution in [-0.4, -0.2) is 33.0 Å². The zero-order valence-corrected chi connectivity index (χ0v) is 9.90. The van der Waals surface area contributed by atoms with Gasteiger partial charge in [-0.15, -0.1) is 11.3 Å². The molecule has 1 amide bonds. The Labute approximate surface area is 101 Å². The van der Waals surface area contributed by atoms with Crippen molar-refractivity contribution in [1.29, 1.82) is 0 Å². The predicted octanol–water partition coefficient (Wildman–Crippen LogP) is -0.133. The molecule has 17 heavy (non-hydrogen) atoms. The molecule has 0 aliphatic carbocycles. The number of carbonyl (C=O) groups is 1. The number of aliphatic hydroxyl groups is 1. The first-order valence-corrected chi connectivity index (χ1v) is 5.88. The minimum absolute atomic E-state index is 0.0263. The molecule has 2 rings (SSSR count). The third-order valence-corrected chi connectivity index (χ3v) is 2.92. The lowest BCUT2D eigenvalue weighted by molar-refractivity contribution is 0.0922. The van der Waals surface area contributed by atoms with Crippen LogP contribution in [0.25, 0.3) is 4.96 Å². The second-order valence-corrected chi connectivity index (χ2v) is 4.46. The summed E-state index contributed by atoms with van der Waals surface area (Å²) in [5, 5.41) is 13.2. The number of amides is 1. The summed E-state index contributed by atoms with van der Waals surface area (Å²) in [5.41, 5.74) is -0.430. The molecule has 0 spiro atoms. The van der Waals surface area contributed by atoms with E-state index in [1.165, 1.54) is 21.9 Å². The molecule has 0 aliphatic rings. The van der Waals surface area contributed by atoms with Gasteiger partial charge in [0.2, 0.25) is 0 Å². The summed E-state index contributed by atoms with van der Waals surface area (Å²) < 4.78 is 1.32. The number of nitrogens with one attached hydrogen (secondary N) is 1. The zero-order chi connectivity index (χ0) is 12.4. The first kappa shape index (κ1) is 11.7. The fourth-order valence-electron chi connectivity index (χ4n) is 1.32. The monoisotopic (exact) mass is 253 g/mol. The highest BCUT2D eigenvalue weighted by Gasteiger charge is 2.13. The topological polar surface area (TPSA) is 83.7 Å². The van der Waals surface area contributed by atoms with Crippen molar-refractivity contribution in [3.8, 4) is 0 Å². The lowest BCUT2D eigenvalue weighted by Gasteiger charge is -2.06. The van der Waals surface area contributed by atoms with Gasteiger partial charge in [0.25, 0.3) is 11.5 Å². The predicted molar refractivity (Wildman–Crippen MR) is 63.4 cm³/mol. The Bertz CT molecular complexity index is 602. The summed E-state index contributed by atoms with van der Waals surface area (Å²) in [6, 6.07) is 0.